The zero-order valence-electron chi connectivity index (χ0n) is 61.7. The van der Waals surface area contributed by atoms with Crippen molar-refractivity contribution in [2.45, 2.75) is 73.0 Å². The zero-order chi connectivity index (χ0) is 75.1. The largest absolute Gasteiger partial charge is 0.378 e. The molecular weight excluding hydrogens is 1390 g/mol. The number of rotatable bonds is 13. The van der Waals surface area contributed by atoms with E-state index in [9.17, 15) is 0 Å². The lowest BCUT2D eigenvalue weighted by Gasteiger charge is -2.27. The van der Waals surface area contributed by atoms with E-state index in [1.807, 2.05) is 35.7 Å². The number of fused-ring (bicyclic) bond motifs is 4. The van der Waals surface area contributed by atoms with Crippen molar-refractivity contribution < 1.29 is 18.9 Å². The van der Waals surface area contributed by atoms with Gasteiger partial charge < -0.3 is 80.5 Å². The predicted octanol–water partition coefficient (Wildman–Crippen LogP) is 5.66. The molecule has 12 aromatic heterocycles. The van der Waals surface area contributed by atoms with Gasteiger partial charge in [0.2, 0.25) is 47.6 Å². The summed E-state index contributed by atoms with van der Waals surface area (Å²) >= 11 is 0. The molecule has 0 bridgehead atoms. The van der Waals surface area contributed by atoms with Crippen molar-refractivity contribution in [2.75, 3.05) is 161 Å². The molecule has 564 valence electrons. The number of nitrogen functional groups attached to an aromatic ring is 4. The van der Waals surface area contributed by atoms with Crippen LogP contribution in [-0.4, -0.2) is 236 Å². The van der Waals surface area contributed by atoms with Crippen LogP contribution in [0.4, 0.5) is 47.6 Å². The summed E-state index contributed by atoms with van der Waals surface area (Å²) in [7, 11) is 0. The van der Waals surface area contributed by atoms with Crippen LogP contribution in [0.5, 0.6) is 0 Å². The number of benzene rings is 1. The Morgan fingerprint density at radius 2 is 0.835 bits per heavy atom. The zero-order valence-corrected chi connectivity index (χ0v) is 61.7. The summed E-state index contributed by atoms with van der Waals surface area (Å²) in [5.41, 5.74) is 36.9. The Hall–Kier alpha value is -12.1. The second-order valence-electron chi connectivity index (χ2n) is 28.0. The highest BCUT2D eigenvalue weighted by Crippen LogP contribution is 2.35. The summed E-state index contributed by atoms with van der Waals surface area (Å²) in [5.74, 6) is 3.60. The number of nitrogens with two attached hydrogens (primary N) is 4. The van der Waals surface area contributed by atoms with Crippen LogP contribution in [0, 0.1) is 12.3 Å². The molecular formula is C72H87N33O4. The first-order chi connectivity index (χ1) is 53.1. The van der Waals surface area contributed by atoms with E-state index in [4.69, 9.17) is 81.8 Å². The van der Waals surface area contributed by atoms with E-state index in [0.29, 0.717) is 106 Å². The molecule has 0 radical (unpaired) electrons. The standard InChI is InChI=1S/C20H20N8O.C18H24N8O.C17H21N9O.C17H22N8O/c1-13-3-2-4-15(9-13)28-12-24-17-16(14-10-22-19(21)23-11-14)25-20(26-18(17)28)27-5-7-29-8-6-27;1-18(2,3)10-26-11-22-14-13(12-8-20-16(19)21-9-12)23-17(24-15(14)26)25-4-6-27-7-5-25;18-16-20-7-11(8-21-16)13-14-15(26(10-22-14)12-1-2-19-9-12)24-17(23-13)25-3-5-27-6-4-25;1-3-11(2)25-10-21-14-13(12-8-19-16(18)20-9-12)22-17(23-15(14)25)24-4-6-26-7-5-24/h2-4,9-12H,5-8H2,1H3,(H2,21,22,23);8-9,11H,4-7,10H2,1-3H3,(H2,19,20,21);7-8,10,12,19H,1-6,9H2,(H2,18,20,21);8-11H,3-7H2,1-2H3,(H2,18,19,20). The van der Waals surface area contributed by atoms with Gasteiger partial charge in [-0.3, -0.25) is 4.57 Å². The number of hydrogen-bond donors (Lipinski definition) is 5. The van der Waals surface area contributed by atoms with Crippen LogP contribution < -0.4 is 47.9 Å². The number of nitrogens with zero attached hydrogens (tertiary/aromatic N) is 28. The quantitative estimate of drug-likeness (QED) is 0.0929. The molecule has 0 saturated carbocycles. The first-order valence-corrected chi connectivity index (χ1v) is 36.4. The van der Waals surface area contributed by atoms with E-state index < -0.39 is 0 Å². The number of anilines is 8. The minimum Gasteiger partial charge on any atom is -0.378 e. The van der Waals surface area contributed by atoms with Gasteiger partial charge >= 0.3 is 0 Å². The average Bonchev–Trinajstić information content (AvgIpc) is 1.68. The second-order valence-corrected chi connectivity index (χ2v) is 28.0. The van der Waals surface area contributed by atoms with Crippen molar-refractivity contribution in [3.63, 3.8) is 0 Å². The molecule has 1 aromatic carbocycles. The minimum atomic E-state index is 0.0994. The Morgan fingerprint density at radius 3 is 1.25 bits per heavy atom. The van der Waals surface area contributed by atoms with Gasteiger partial charge in [-0.15, -0.1) is 0 Å². The predicted molar refractivity (Wildman–Crippen MR) is 412 cm³/mol. The molecule has 13 aromatic rings. The smallest absolute Gasteiger partial charge is 0.228 e. The van der Waals surface area contributed by atoms with Crippen molar-refractivity contribution >= 4 is 92.2 Å². The molecule has 0 amide bonds. The van der Waals surface area contributed by atoms with Gasteiger partial charge in [-0.25, -0.2) is 79.7 Å². The van der Waals surface area contributed by atoms with Gasteiger partial charge in [-0.2, -0.15) is 19.9 Å². The first kappa shape index (κ1) is 72.5. The molecule has 5 fully saturated rings. The maximum atomic E-state index is 5.66. The van der Waals surface area contributed by atoms with Crippen molar-refractivity contribution in [1.82, 2.24) is 123 Å². The lowest BCUT2D eigenvalue weighted by Crippen LogP contribution is -2.37. The minimum absolute atomic E-state index is 0.0994. The normalized spacial score (nSPS) is 16.6. The summed E-state index contributed by atoms with van der Waals surface area (Å²) in [5, 5.41) is 3.40. The molecule has 37 heteroatoms. The Morgan fingerprint density at radius 1 is 0.459 bits per heavy atom. The van der Waals surface area contributed by atoms with E-state index in [-0.39, 0.29) is 29.2 Å². The lowest BCUT2D eigenvalue weighted by atomic mass is 9.97. The number of aromatic nitrogens is 24. The molecule has 2 unspecified atom stereocenters. The van der Waals surface area contributed by atoms with Gasteiger partial charge in [-0.1, -0.05) is 39.8 Å². The van der Waals surface area contributed by atoms with Crippen LogP contribution >= 0.6 is 0 Å². The van der Waals surface area contributed by atoms with Crippen LogP contribution in [0.15, 0.2) is 99.1 Å². The third kappa shape index (κ3) is 16.3. The number of ether oxygens (including phenoxy) is 4. The van der Waals surface area contributed by atoms with Crippen molar-refractivity contribution in [3.8, 4) is 50.7 Å². The molecule has 2 atom stereocenters. The molecule has 5 saturated heterocycles. The molecule has 0 spiro atoms. The maximum absolute atomic E-state index is 5.66. The third-order valence-electron chi connectivity index (χ3n) is 19.0. The summed E-state index contributed by atoms with van der Waals surface area (Å²) in [6.45, 7) is 27.1. The van der Waals surface area contributed by atoms with Crippen LogP contribution in [0.2, 0.25) is 0 Å². The van der Waals surface area contributed by atoms with Gasteiger partial charge in [0.25, 0.3) is 0 Å². The first-order valence-electron chi connectivity index (χ1n) is 36.4. The Balaban J connectivity index is 0.000000116. The molecule has 5 aliphatic heterocycles. The highest BCUT2D eigenvalue weighted by Gasteiger charge is 2.29. The van der Waals surface area contributed by atoms with Crippen molar-refractivity contribution in [2.24, 2.45) is 5.41 Å². The molecule has 5 aliphatic rings. The topological polar surface area (TPSA) is 444 Å². The molecule has 9 N–H and O–H groups in total. The number of aryl methyl sites for hydroxylation is 1. The van der Waals surface area contributed by atoms with Gasteiger partial charge in [0, 0.05) is 149 Å². The van der Waals surface area contributed by atoms with Gasteiger partial charge in [0.05, 0.1) is 77.9 Å². The fourth-order valence-corrected chi connectivity index (χ4v) is 13.2. The van der Waals surface area contributed by atoms with Gasteiger partial charge in [-0.05, 0) is 56.3 Å². The van der Waals surface area contributed by atoms with E-state index in [1.54, 1.807) is 55.9 Å². The molecule has 0 aliphatic carbocycles. The van der Waals surface area contributed by atoms with Gasteiger partial charge in [0.1, 0.15) is 51.2 Å². The SMILES string of the molecule is CC(C)(C)Cn1cnc2c(-c3cnc(N)nc3)nc(N3CCOCC3)nc21.CCC(C)n1cnc2c(-c3cnc(N)nc3)nc(N3CCOCC3)nc21.Cc1cccc(-n2cnc3c(-c4cnc(N)nc4)nc(N4CCOCC4)nc32)c1.Nc1ncc(-c2nc(N3CCOCC3)nc3c2ncn3C2CCNC2)cn1. The van der Waals surface area contributed by atoms with E-state index in [1.165, 1.54) is 5.56 Å². The third-order valence-corrected chi connectivity index (χ3v) is 19.0. The van der Waals surface area contributed by atoms with E-state index >= 15 is 0 Å². The molecule has 37 nitrogen and oxygen atoms in total. The molecule has 109 heavy (non-hydrogen) atoms. The van der Waals surface area contributed by atoms with Crippen LogP contribution in [0.25, 0.3) is 95.4 Å². The molecule has 18 rings (SSSR count). The van der Waals surface area contributed by atoms with Crippen LogP contribution in [0.3, 0.4) is 0 Å². The summed E-state index contributed by atoms with van der Waals surface area (Å²) in [6.07, 6.45) is 22.8. The Kier molecular flexibility index (Phi) is 21.4. The number of hydrogen-bond acceptors (Lipinski definition) is 33. The number of nitrogens with one attached hydrogen (secondary N) is 1. The number of morpholine rings is 4. The summed E-state index contributed by atoms with van der Waals surface area (Å²) < 4.78 is 30.2. The average molecular weight is 1480 g/mol. The van der Waals surface area contributed by atoms with Crippen LogP contribution in [0.1, 0.15) is 65.1 Å². The Bertz CT molecular complexity index is 5250. The highest BCUT2D eigenvalue weighted by atomic mass is 16.5. The monoisotopic (exact) mass is 1480 g/mol. The maximum Gasteiger partial charge on any atom is 0.228 e. The van der Waals surface area contributed by atoms with Crippen molar-refractivity contribution in [3.05, 3.63) is 105 Å². The molecule has 17 heterocycles. The van der Waals surface area contributed by atoms with E-state index in [0.717, 1.165) is 163 Å². The fraction of sp³-hybridized carbons (Fsp3) is 0.417. The Labute approximate surface area is 626 Å². The van der Waals surface area contributed by atoms with Gasteiger partial charge in [0.15, 0.2) is 22.6 Å². The highest BCUT2D eigenvalue weighted by molar-refractivity contribution is 5.91. The van der Waals surface area contributed by atoms with Crippen molar-refractivity contribution in [1.29, 1.82) is 0 Å². The lowest BCUT2D eigenvalue weighted by molar-refractivity contribution is 0.122. The summed E-state index contributed by atoms with van der Waals surface area (Å²) in [6, 6.07) is 8.87. The van der Waals surface area contributed by atoms with Crippen LogP contribution in [-0.2, 0) is 25.5 Å². The fourth-order valence-electron chi connectivity index (χ4n) is 13.2. The second kappa shape index (κ2) is 32.2. The number of imidazole rings is 4. The summed E-state index contributed by atoms with van der Waals surface area (Å²) in [4.78, 5) is 98.5. The van der Waals surface area contributed by atoms with E-state index in [2.05, 4.69) is 152 Å².